The van der Waals surface area contributed by atoms with Crippen molar-refractivity contribution in [2.75, 3.05) is 51.9 Å². The van der Waals surface area contributed by atoms with Crippen molar-refractivity contribution in [2.45, 2.75) is 32.3 Å². The largest absolute Gasteiger partial charge is 0.492 e. The molecule has 182 valence electrons. The summed E-state index contributed by atoms with van der Waals surface area (Å²) in [7, 11) is 0. The Balaban J connectivity index is 1.57. The van der Waals surface area contributed by atoms with E-state index < -0.39 is 6.10 Å². The fourth-order valence-corrected chi connectivity index (χ4v) is 4.50. The van der Waals surface area contributed by atoms with Crippen molar-refractivity contribution in [3.63, 3.8) is 0 Å². The van der Waals surface area contributed by atoms with Crippen LogP contribution in [0.4, 0.5) is 0 Å². The quantitative estimate of drug-likeness (QED) is 0.298. The van der Waals surface area contributed by atoms with Crippen LogP contribution in [0.15, 0.2) is 42.5 Å². The van der Waals surface area contributed by atoms with E-state index in [-0.39, 0.29) is 12.0 Å². The summed E-state index contributed by atoms with van der Waals surface area (Å²) in [5, 5.41) is 10.3. The minimum Gasteiger partial charge on any atom is -0.492 e. The highest BCUT2D eigenvalue weighted by atomic mass is 127. The van der Waals surface area contributed by atoms with E-state index in [1.54, 1.807) is 0 Å². The summed E-state index contributed by atoms with van der Waals surface area (Å²) in [6, 6.07) is 14.5. The van der Waals surface area contributed by atoms with Gasteiger partial charge in [0.25, 0.3) is 0 Å². The molecule has 1 fully saturated rings. The molecular formula is C26H35ClINO4. The lowest BCUT2D eigenvalue weighted by Gasteiger charge is -2.28. The maximum absolute atomic E-state index is 10.3. The monoisotopic (exact) mass is 587 g/mol. The third-order valence-electron chi connectivity index (χ3n) is 6.03. The van der Waals surface area contributed by atoms with E-state index in [2.05, 4.69) is 72.5 Å². The Bertz CT molecular complexity index is 871. The molecule has 0 radical (unpaired) electrons. The second kappa shape index (κ2) is 12.6. The average Bonchev–Trinajstić information content (AvgIpc) is 2.82. The molecule has 0 bridgehead atoms. The predicted molar refractivity (Wildman–Crippen MR) is 142 cm³/mol. The van der Waals surface area contributed by atoms with Gasteiger partial charge in [0.15, 0.2) is 0 Å². The van der Waals surface area contributed by atoms with Crippen molar-refractivity contribution in [1.82, 2.24) is 4.90 Å². The van der Waals surface area contributed by atoms with Crippen LogP contribution in [0.3, 0.4) is 0 Å². The number of hydrogen-bond acceptors (Lipinski definition) is 5. The van der Waals surface area contributed by atoms with E-state index in [4.69, 9.17) is 25.8 Å². The van der Waals surface area contributed by atoms with Crippen molar-refractivity contribution in [1.29, 1.82) is 0 Å². The predicted octanol–water partition coefficient (Wildman–Crippen LogP) is 4.94. The van der Waals surface area contributed by atoms with E-state index in [0.29, 0.717) is 24.9 Å². The van der Waals surface area contributed by atoms with Crippen LogP contribution in [0.1, 0.15) is 31.9 Å². The van der Waals surface area contributed by atoms with Crippen LogP contribution in [-0.2, 0) is 10.2 Å². The third kappa shape index (κ3) is 7.72. The van der Waals surface area contributed by atoms with Gasteiger partial charge in [-0.05, 0) is 58.0 Å². The molecule has 1 aliphatic heterocycles. The van der Waals surface area contributed by atoms with Crippen LogP contribution in [0.5, 0.6) is 11.5 Å². The molecule has 2 atom stereocenters. The lowest BCUT2D eigenvalue weighted by molar-refractivity contribution is 0.00465. The SMILES string of the molecule is C[C@H](CCl)COc1ccc(C(C)(C)c2ccc(OC[C@H](O)CN3CCOCC3)cc2)cc1I. The Kier molecular flexibility index (Phi) is 10.1. The van der Waals surface area contributed by atoms with Crippen LogP contribution in [-0.4, -0.2) is 68.1 Å². The number of aliphatic hydroxyl groups is 1. The smallest absolute Gasteiger partial charge is 0.132 e. The van der Waals surface area contributed by atoms with Crippen molar-refractivity contribution in [2.24, 2.45) is 5.92 Å². The normalized spacial score (nSPS) is 16.9. The summed E-state index contributed by atoms with van der Waals surface area (Å²) in [6.07, 6.45) is -0.519. The Morgan fingerprint density at radius 1 is 1.06 bits per heavy atom. The van der Waals surface area contributed by atoms with Gasteiger partial charge in [0.2, 0.25) is 0 Å². The first-order chi connectivity index (χ1) is 15.8. The topological polar surface area (TPSA) is 51.2 Å². The Hall–Kier alpha value is -1.06. The molecule has 1 saturated heterocycles. The Morgan fingerprint density at radius 2 is 1.73 bits per heavy atom. The van der Waals surface area contributed by atoms with E-state index in [9.17, 15) is 5.11 Å². The van der Waals surface area contributed by atoms with Gasteiger partial charge in [-0.3, -0.25) is 4.90 Å². The lowest BCUT2D eigenvalue weighted by Crippen LogP contribution is -2.42. The summed E-state index contributed by atoms with van der Waals surface area (Å²) in [4.78, 5) is 2.21. The van der Waals surface area contributed by atoms with Gasteiger partial charge < -0.3 is 19.3 Å². The summed E-state index contributed by atoms with van der Waals surface area (Å²) in [5.41, 5.74) is 2.25. The molecule has 0 amide bonds. The van der Waals surface area contributed by atoms with Gasteiger partial charge in [-0.1, -0.05) is 39.0 Å². The molecule has 0 spiro atoms. The van der Waals surface area contributed by atoms with Crippen molar-refractivity contribution < 1.29 is 19.3 Å². The number of ether oxygens (including phenoxy) is 3. The second-order valence-electron chi connectivity index (χ2n) is 9.24. The summed E-state index contributed by atoms with van der Waals surface area (Å²) < 4.78 is 18.2. The molecule has 1 aliphatic rings. The summed E-state index contributed by atoms with van der Waals surface area (Å²) in [5.74, 6) is 2.57. The van der Waals surface area contributed by atoms with Crippen molar-refractivity contribution >= 4 is 34.2 Å². The molecule has 33 heavy (non-hydrogen) atoms. The molecule has 0 aromatic heterocycles. The Morgan fingerprint density at radius 3 is 2.36 bits per heavy atom. The highest BCUT2D eigenvalue weighted by molar-refractivity contribution is 14.1. The van der Waals surface area contributed by atoms with E-state index in [1.807, 2.05) is 18.2 Å². The van der Waals surface area contributed by atoms with Gasteiger partial charge in [-0.2, -0.15) is 0 Å². The van der Waals surface area contributed by atoms with Gasteiger partial charge in [0, 0.05) is 36.8 Å². The van der Waals surface area contributed by atoms with Gasteiger partial charge in [-0.25, -0.2) is 0 Å². The first-order valence-electron chi connectivity index (χ1n) is 11.5. The molecule has 0 saturated carbocycles. The van der Waals surface area contributed by atoms with Gasteiger partial charge in [0.05, 0.1) is 23.4 Å². The average molecular weight is 588 g/mol. The Labute approximate surface area is 216 Å². The van der Waals surface area contributed by atoms with E-state index >= 15 is 0 Å². The van der Waals surface area contributed by atoms with Crippen molar-refractivity contribution in [3.05, 3.63) is 57.2 Å². The van der Waals surface area contributed by atoms with Gasteiger partial charge in [-0.15, -0.1) is 11.6 Å². The molecule has 3 rings (SSSR count). The third-order valence-corrected chi connectivity index (χ3v) is 7.40. The molecule has 1 heterocycles. The maximum atomic E-state index is 10.3. The molecule has 1 N–H and O–H groups in total. The minimum atomic E-state index is -0.519. The highest BCUT2D eigenvalue weighted by Crippen LogP contribution is 2.35. The number of benzene rings is 2. The zero-order chi connectivity index (χ0) is 23.8. The fraction of sp³-hybridized carbons (Fsp3) is 0.538. The summed E-state index contributed by atoms with van der Waals surface area (Å²) >= 11 is 8.22. The number of morpholine rings is 1. The van der Waals surface area contributed by atoms with Crippen LogP contribution in [0.25, 0.3) is 0 Å². The molecule has 5 nitrogen and oxygen atoms in total. The van der Waals surface area contributed by atoms with E-state index in [1.165, 1.54) is 11.1 Å². The zero-order valence-corrected chi connectivity index (χ0v) is 22.6. The molecule has 2 aromatic rings. The molecule has 2 aromatic carbocycles. The highest BCUT2D eigenvalue weighted by Gasteiger charge is 2.24. The fourth-order valence-electron chi connectivity index (χ4n) is 3.74. The second-order valence-corrected chi connectivity index (χ2v) is 10.7. The van der Waals surface area contributed by atoms with Crippen LogP contribution >= 0.6 is 34.2 Å². The summed E-state index contributed by atoms with van der Waals surface area (Å²) in [6.45, 7) is 11.2. The number of rotatable bonds is 11. The molecule has 0 unspecified atom stereocenters. The standard InChI is InChI=1S/C26H35ClINO4/c1-19(15-27)17-33-25-9-6-21(14-24(25)28)26(2,3)20-4-7-23(8-5-20)32-18-22(30)16-29-10-12-31-13-11-29/h4-9,14,19,22,30H,10-13,15-18H2,1-3H3/t19-,22-/m1/s1. The molecule has 7 heteroatoms. The number of nitrogens with zero attached hydrogens (tertiary/aromatic N) is 1. The van der Waals surface area contributed by atoms with Gasteiger partial charge >= 0.3 is 0 Å². The first kappa shape index (κ1) is 26.5. The lowest BCUT2D eigenvalue weighted by atomic mass is 9.78. The zero-order valence-electron chi connectivity index (χ0n) is 19.7. The number of β-amino-alcohol motifs (C(OH)–C–C–N with tert-alkyl or cyclic N) is 1. The minimum absolute atomic E-state index is 0.170. The number of aliphatic hydroxyl groups excluding tert-OH is 1. The number of hydrogen-bond donors (Lipinski definition) is 1. The van der Waals surface area contributed by atoms with Gasteiger partial charge in [0.1, 0.15) is 24.2 Å². The number of alkyl halides is 1. The molecular weight excluding hydrogens is 553 g/mol. The number of halogens is 2. The van der Waals surface area contributed by atoms with Crippen molar-refractivity contribution in [3.8, 4) is 11.5 Å². The van der Waals surface area contributed by atoms with Crippen LogP contribution in [0, 0.1) is 9.49 Å². The van der Waals surface area contributed by atoms with Crippen LogP contribution < -0.4 is 9.47 Å². The first-order valence-corrected chi connectivity index (χ1v) is 13.1. The maximum Gasteiger partial charge on any atom is 0.132 e. The van der Waals surface area contributed by atoms with Crippen LogP contribution in [0.2, 0.25) is 0 Å². The molecule has 0 aliphatic carbocycles. The van der Waals surface area contributed by atoms with E-state index in [0.717, 1.165) is 41.4 Å².